The maximum Gasteiger partial charge on any atom is 0.220 e. The van der Waals surface area contributed by atoms with Crippen molar-refractivity contribution in [3.8, 4) is 0 Å². The first-order valence-electron chi connectivity index (χ1n) is 17.4. The molecule has 232 valence electrons. The molecular formula is C35H69NO3. The summed E-state index contributed by atoms with van der Waals surface area (Å²) in [6.45, 7) is 4.12. The van der Waals surface area contributed by atoms with Crippen LogP contribution in [0.4, 0.5) is 0 Å². The molecule has 2 atom stereocenters. The minimum atomic E-state index is -0.829. The van der Waals surface area contributed by atoms with Gasteiger partial charge in [-0.3, -0.25) is 4.79 Å². The van der Waals surface area contributed by atoms with E-state index in [9.17, 15) is 15.0 Å². The van der Waals surface area contributed by atoms with Crippen molar-refractivity contribution in [1.29, 1.82) is 0 Å². The van der Waals surface area contributed by atoms with Crippen LogP contribution in [0, 0.1) is 0 Å². The molecule has 0 aliphatic carbocycles. The number of rotatable bonds is 31. The number of carbonyl (C=O) groups excluding carboxylic acids is 1. The van der Waals surface area contributed by atoms with Gasteiger partial charge in [-0.25, -0.2) is 0 Å². The summed E-state index contributed by atoms with van der Waals surface area (Å²) in [5.74, 6) is -0.0733. The first-order chi connectivity index (χ1) is 19.2. The monoisotopic (exact) mass is 552 g/mol. The lowest BCUT2D eigenvalue weighted by Crippen LogP contribution is -2.45. The van der Waals surface area contributed by atoms with Crippen molar-refractivity contribution in [2.45, 2.75) is 199 Å². The summed E-state index contributed by atoms with van der Waals surface area (Å²) in [6.07, 6.45) is 38.0. The highest BCUT2D eigenvalue weighted by Crippen LogP contribution is 2.16. The van der Waals surface area contributed by atoms with Gasteiger partial charge in [0.25, 0.3) is 0 Å². The molecule has 0 saturated carbocycles. The lowest BCUT2D eigenvalue weighted by Gasteiger charge is -2.19. The predicted molar refractivity (Wildman–Crippen MR) is 170 cm³/mol. The molecule has 0 aromatic rings. The van der Waals surface area contributed by atoms with Crippen molar-refractivity contribution < 1.29 is 15.0 Å². The molecule has 0 spiro atoms. The Morgan fingerprint density at radius 3 is 1.28 bits per heavy atom. The molecule has 2 unspecified atom stereocenters. The fraction of sp³-hybridized carbons (Fsp3) is 0.914. The van der Waals surface area contributed by atoms with Crippen LogP contribution in [0.2, 0.25) is 0 Å². The summed E-state index contributed by atoms with van der Waals surface area (Å²) in [7, 11) is 0. The fourth-order valence-corrected chi connectivity index (χ4v) is 5.30. The molecule has 0 rings (SSSR count). The van der Waals surface area contributed by atoms with E-state index in [1.807, 2.05) is 6.08 Å². The molecule has 0 fully saturated rings. The van der Waals surface area contributed by atoms with Crippen molar-refractivity contribution in [2.24, 2.45) is 0 Å². The van der Waals surface area contributed by atoms with E-state index < -0.39 is 12.1 Å². The average Bonchev–Trinajstić information content (AvgIpc) is 2.94. The van der Waals surface area contributed by atoms with E-state index >= 15 is 0 Å². The Labute approximate surface area is 244 Å². The Bertz CT molecular complexity index is 522. The number of hydrogen-bond donors (Lipinski definition) is 3. The molecule has 0 aliphatic rings. The zero-order chi connectivity index (χ0) is 28.7. The van der Waals surface area contributed by atoms with Gasteiger partial charge in [0.15, 0.2) is 0 Å². The largest absolute Gasteiger partial charge is 0.394 e. The third kappa shape index (κ3) is 28.5. The summed E-state index contributed by atoms with van der Waals surface area (Å²) in [4.78, 5) is 12.1. The summed E-state index contributed by atoms with van der Waals surface area (Å²) in [5.41, 5.74) is 0. The normalized spacial score (nSPS) is 13.2. The standard InChI is InChI=1S/C35H69NO3/c1-3-5-7-8-9-10-11-12-13-14-15-16-17-18-19-20-21-22-23-24-25-26-27-29-31-35(39)36-33(32-37)34(38)30-28-6-4-2/h28,30,33-34,37-38H,3-27,29,31-32H2,1-2H3,(H,36,39)/b30-28+. The maximum atomic E-state index is 12.1. The number of allylic oxidation sites excluding steroid dienone is 1. The number of nitrogens with one attached hydrogen (secondary N) is 1. The Hall–Kier alpha value is -0.870. The Balaban J connectivity index is 3.32. The highest BCUT2D eigenvalue weighted by atomic mass is 16.3. The zero-order valence-electron chi connectivity index (χ0n) is 26.4. The van der Waals surface area contributed by atoms with Gasteiger partial charge in [-0.1, -0.05) is 180 Å². The van der Waals surface area contributed by atoms with E-state index in [2.05, 4.69) is 19.2 Å². The molecule has 0 heterocycles. The number of unbranched alkanes of at least 4 members (excludes halogenated alkanes) is 24. The number of amides is 1. The van der Waals surface area contributed by atoms with Gasteiger partial charge < -0.3 is 15.5 Å². The first kappa shape index (κ1) is 38.1. The van der Waals surface area contributed by atoms with Crippen LogP contribution in [0.3, 0.4) is 0 Å². The molecule has 1 amide bonds. The van der Waals surface area contributed by atoms with E-state index in [1.165, 1.54) is 141 Å². The minimum absolute atomic E-state index is 0.0733. The summed E-state index contributed by atoms with van der Waals surface area (Å²) in [5, 5.41) is 22.3. The minimum Gasteiger partial charge on any atom is -0.394 e. The molecule has 39 heavy (non-hydrogen) atoms. The van der Waals surface area contributed by atoms with E-state index in [0.29, 0.717) is 6.42 Å². The van der Waals surface area contributed by atoms with Crippen LogP contribution in [0.25, 0.3) is 0 Å². The Morgan fingerprint density at radius 2 is 0.949 bits per heavy atom. The van der Waals surface area contributed by atoms with Gasteiger partial charge >= 0.3 is 0 Å². The molecule has 0 aromatic heterocycles. The lowest BCUT2D eigenvalue weighted by atomic mass is 10.0. The number of aliphatic hydroxyl groups excluding tert-OH is 2. The van der Waals surface area contributed by atoms with Crippen molar-refractivity contribution in [3.05, 3.63) is 12.2 Å². The van der Waals surface area contributed by atoms with E-state index in [1.54, 1.807) is 6.08 Å². The quantitative estimate of drug-likeness (QED) is 0.0593. The number of carbonyl (C=O) groups is 1. The average molecular weight is 552 g/mol. The van der Waals surface area contributed by atoms with Crippen LogP contribution >= 0.6 is 0 Å². The van der Waals surface area contributed by atoms with Crippen LogP contribution in [-0.2, 0) is 4.79 Å². The Morgan fingerprint density at radius 1 is 0.590 bits per heavy atom. The second-order valence-electron chi connectivity index (χ2n) is 11.9. The highest BCUT2D eigenvalue weighted by Gasteiger charge is 2.17. The van der Waals surface area contributed by atoms with E-state index in [-0.39, 0.29) is 12.5 Å². The number of hydrogen-bond acceptors (Lipinski definition) is 3. The van der Waals surface area contributed by atoms with Crippen LogP contribution in [0.15, 0.2) is 12.2 Å². The van der Waals surface area contributed by atoms with E-state index in [0.717, 1.165) is 25.7 Å². The van der Waals surface area contributed by atoms with Gasteiger partial charge in [0.1, 0.15) is 0 Å². The topological polar surface area (TPSA) is 69.6 Å². The van der Waals surface area contributed by atoms with Crippen LogP contribution < -0.4 is 5.32 Å². The molecule has 3 N–H and O–H groups in total. The molecule has 0 bridgehead atoms. The van der Waals surface area contributed by atoms with Crippen molar-refractivity contribution >= 4 is 5.91 Å². The SMILES string of the molecule is CCC/C=C/C(O)C(CO)NC(=O)CCCCCCCCCCCCCCCCCCCCCCCCCC. The molecule has 0 aromatic carbocycles. The van der Waals surface area contributed by atoms with Gasteiger partial charge in [0.05, 0.1) is 18.8 Å². The van der Waals surface area contributed by atoms with Crippen molar-refractivity contribution in [1.82, 2.24) is 5.32 Å². The molecule has 4 heteroatoms. The van der Waals surface area contributed by atoms with Gasteiger partial charge in [-0.2, -0.15) is 0 Å². The molecule has 4 nitrogen and oxygen atoms in total. The lowest BCUT2D eigenvalue weighted by molar-refractivity contribution is -0.123. The third-order valence-electron chi connectivity index (χ3n) is 8.00. The van der Waals surface area contributed by atoms with Gasteiger partial charge in [0.2, 0.25) is 5.91 Å². The van der Waals surface area contributed by atoms with Crippen molar-refractivity contribution in [2.75, 3.05) is 6.61 Å². The van der Waals surface area contributed by atoms with Crippen LogP contribution in [0.1, 0.15) is 187 Å². The van der Waals surface area contributed by atoms with E-state index in [4.69, 9.17) is 0 Å². The van der Waals surface area contributed by atoms with Gasteiger partial charge in [-0.15, -0.1) is 0 Å². The summed E-state index contributed by atoms with van der Waals surface area (Å²) >= 11 is 0. The molecule has 0 saturated heterocycles. The van der Waals surface area contributed by atoms with Gasteiger partial charge in [0, 0.05) is 6.42 Å². The number of aliphatic hydroxyl groups is 2. The fourth-order valence-electron chi connectivity index (χ4n) is 5.30. The van der Waals surface area contributed by atoms with Crippen molar-refractivity contribution in [3.63, 3.8) is 0 Å². The Kier molecular flexibility index (Phi) is 30.9. The summed E-state index contributed by atoms with van der Waals surface area (Å²) in [6, 6.07) is -0.611. The van der Waals surface area contributed by atoms with Gasteiger partial charge in [-0.05, 0) is 12.8 Å². The van der Waals surface area contributed by atoms with Crippen LogP contribution in [0.5, 0.6) is 0 Å². The smallest absolute Gasteiger partial charge is 0.220 e. The van der Waals surface area contributed by atoms with Crippen LogP contribution in [-0.4, -0.2) is 34.9 Å². The molecular weight excluding hydrogens is 482 g/mol. The summed E-state index contributed by atoms with van der Waals surface area (Å²) < 4.78 is 0. The first-order valence-corrected chi connectivity index (χ1v) is 17.4. The maximum absolute atomic E-state index is 12.1. The molecule has 0 radical (unpaired) electrons. The highest BCUT2D eigenvalue weighted by molar-refractivity contribution is 5.76. The molecule has 0 aliphatic heterocycles. The second kappa shape index (κ2) is 31.7. The predicted octanol–water partition coefficient (Wildman–Crippen LogP) is 9.95. The second-order valence-corrected chi connectivity index (χ2v) is 11.9. The third-order valence-corrected chi connectivity index (χ3v) is 8.00. The zero-order valence-corrected chi connectivity index (χ0v) is 26.4.